The highest BCUT2D eigenvalue weighted by Crippen LogP contribution is 2.43. The summed E-state index contributed by atoms with van der Waals surface area (Å²) in [6.45, 7) is 1.90. The van der Waals surface area contributed by atoms with Gasteiger partial charge in [-0.1, -0.05) is 60.2 Å². The van der Waals surface area contributed by atoms with Gasteiger partial charge in [-0.15, -0.1) is 0 Å². The van der Waals surface area contributed by atoms with Crippen LogP contribution in [0.25, 0.3) is 16.6 Å². The molecule has 4 N–H and O–H groups in total. The molecule has 1 amide bonds. The molecule has 0 radical (unpaired) electrons. The number of rotatable bonds is 3. The number of hydrogen-bond donors (Lipinski definition) is 4. The molecule has 8 heteroatoms. The second-order valence-corrected chi connectivity index (χ2v) is 7.81. The Kier molecular flexibility index (Phi) is 4.72. The highest BCUT2D eigenvalue weighted by Gasteiger charge is 2.50. The number of anilines is 1. The molecule has 0 saturated carbocycles. The zero-order chi connectivity index (χ0) is 23.2. The van der Waals surface area contributed by atoms with E-state index in [1.54, 1.807) is 78.9 Å². The monoisotopic (exact) mass is 440 g/mol. The fourth-order valence-corrected chi connectivity index (χ4v) is 3.99. The molecule has 8 nitrogen and oxygen atoms in total. The maximum absolute atomic E-state index is 13.1. The van der Waals surface area contributed by atoms with Crippen LogP contribution < -0.4 is 16.0 Å². The summed E-state index contributed by atoms with van der Waals surface area (Å²) in [7, 11) is 0. The van der Waals surface area contributed by atoms with Crippen molar-refractivity contribution in [1.82, 2.24) is 15.4 Å². The number of para-hydroxylation sites is 3. The van der Waals surface area contributed by atoms with Crippen LogP contribution in [0.3, 0.4) is 0 Å². The Balaban J connectivity index is 1.85. The molecule has 5 rings (SSSR count). The average Bonchev–Trinajstić information content (AvgIpc) is 2.83. The van der Waals surface area contributed by atoms with Crippen molar-refractivity contribution in [2.45, 2.75) is 12.6 Å². The maximum Gasteiger partial charge on any atom is 0.305 e. The lowest BCUT2D eigenvalue weighted by Gasteiger charge is -2.45. The number of amides is 1. The quantitative estimate of drug-likeness (QED) is 0.389. The normalized spacial score (nSPS) is 18.5. The van der Waals surface area contributed by atoms with E-state index in [4.69, 9.17) is 0 Å². The molecule has 3 aromatic carbocycles. The van der Waals surface area contributed by atoms with Crippen LogP contribution in [-0.2, 0) is 10.5 Å². The van der Waals surface area contributed by atoms with Crippen LogP contribution in [0.5, 0.6) is 0 Å². The molecule has 1 atom stereocenters. The summed E-state index contributed by atoms with van der Waals surface area (Å²) in [5.74, 6) is -1.67. The van der Waals surface area contributed by atoms with Gasteiger partial charge in [0.2, 0.25) is 5.72 Å². The molecule has 1 aliphatic heterocycles. The van der Waals surface area contributed by atoms with Crippen molar-refractivity contribution >= 4 is 28.2 Å². The third-order valence-corrected chi connectivity index (χ3v) is 5.64. The number of hydrazine groups is 1. The first-order valence-corrected chi connectivity index (χ1v) is 10.3. The molecule has 1 aliphatic rings. The number of nitrogens with zero attached hydrogens (tertiary/aromatic N) is 2. The molecular formula is C25H20N4O4. The lowest BCUT2D eigenvalue weighted by Crippen LogP contribution is -2.61. The van der Waals surface area contributed by atoms with Crippen molar-refractivity contribution in [3.63, 3.8) is 0 Å². The summed E-state index contributed by atoms with van der Waals surface area (Å²) in [4.78, 5) is 33.0. The van der Waals surface area contributed by atoms with Gasteiger partial charge in [0.15, 0.2) is 5.76 Å². The summed E-state index contributed by atoms with van der Waals surface area (Å²) >= 11 is 0. The van der Waals surface area contributed by atoms with Crippen LogP contribution in [-0.4, -0.2) is 26.1 Å². The van der Waals surface area contributed by atoms with Crippen LogP contribution in [0.15, 0.2) is 89.4 Å². The van der Waals surface area contributed by atoms with E-state index in [-0.39, 0.29) is 11.3 Å². The lowest BCUT2D eigenvalue weighted by molar-refractivity contribution is -0.122. The van der Waals surface area contributed by atoms with Gasteiger partial charge in [0.1, 0.15) is 5.69 Å². The number of aryl methyl sites for hydroxylation is 1. The van der Waals surface area contributed by atoms with Gasteiger partial charge in [-0.05, 0) is 31.2 Å². The van der Waals surface area contributed by atoms with E-state index in [0.717, 1.165) is 5.56 Å². The Hall–Kier alpha value is -4.43. The summed E-state index contributed by atoms with van der Waals surface area (Å²) in [5.41, 5.74) is 1.82. The summed E-state index contributed by atoms with van der Waals surface area (Å²) in [6.07, 6.45) is 0. The SMILES string of the molecule is Cc1ccc(C2(O)C(c3nc4ccccc4[nH]c3=O)=C(O)C(=O)NN2c2ccccc2)cc1. The second-order valence-electron chi connectivity index (χ2n) is 7.81. The highest BCUT2D eigenvalue weighted by molar-refractivity contribution is 6.04. The van der Waals surface area contributed by atoms with Crippen molar-refractivity contribution in [2.75, 3.05) is 5.01 Å². The summed E-state index contributed by atoms with van der Waals surface area (Å²) in [6, 6.07) is 22.5. The summed E-state index contributed by atoms with van der Waals surface area (Å²) in [5, 5.41) is 24.4. The molecule has 33 heavy (non-hydrogen) atoms. The van der Waals surface area contributed by atoms with E-state index in [1.807, 2.05) is 6.92 Å². The molecule has 164 valence electrons. The number of aliphatic hydroxyl groups is 2. The molecular weight excluding hydrogens is 420 g/mol. The van der Waals surface area contributed by atoms with E-state index in [2.05, 4.69) is 15.4 Å². The minimum Gasteiger partial charge on any atom is -0.503 e. The van der Waals surface area contributed by atoms with Crippen molar-refractivity contribution in [3.05, 3.63) is 112 Å². The van der Waals surface area contributed by atoms with E-state index >= 15 is 0 Å². The first-order chi connectivity index (χ1) is 15.9. The number of aromatic amines is 1. The molecule has 0 saturated heterocycles. The van der Waals surface area contributed by atoms with Gasteiger partial charge >= 0.3 is 5.91 Å². The fraction of sp³-hybridized carbons (Fsp3) is 0.0800. The molecule has 0 spiro atoms. The van der Waals surface area contributed by atoms with Gasteiger partial charge in [0.05, 0.1) is 22.3 Å². The van der Waals surface area contributed by atoms with Crippen LogP contribution in [0, 0.1) is 6.92 Å². The summed E-state index contributed by atoms with van der Waals surface area (Å²) < 4.78 is 0. The number of carbonyl (C=O) groups is 1. The molecule has 4 aromatic rings. The first-order valence-electron chi connectivity index (χ1n) is 10.3. The number of aliphatic hydroxyl groups excluding tert-OH is 1. The number of fused-ring (bicyclic) bond motifs is 1. The largest absolute Gasteiger partial charge is 0.503 e. The lowest BCUT2D eigenvalue weighted by atomic mass is 9.87. The maximum atomic E-state index is 13.1. The topological polar surface area (TPSA) is 119 Å². The number of benzene rings is 3. The predicted molar refractivity (Wildman–Crippen MR) is 124 cm³/mol. The van der Waals surface area contributed by atoms with Crippen molar-refractivity contribution in [3.8, 4) is 0 Å². The molecule has 0 bridgehead atoms. The van der Waals surface area contributed by atoms with Gasteiger partial charge in [0.25, 0.3) is 5.56 Å². The van der Waals surface area contributed by atoms with Crippen molar-refractivity contribution < 1.29 is 15.0 Å². The zero-order valence-corrected chi connectivity index (χ0v) is 17.6. The fourth-order valence-electron chi connectivity index (χ4n) is 3.99. The molecule has 2 heterocycles. The van der Waals surface area contributed by atoms with Gasteiger partial charge in [-0.3, -0.25) is 15.0 Å². The predicted octanol–water partition coefficient (Wildman–Crippen LogP) is 2.90. The van der Waals surface area contributed by atoms with E-state index < -0.39 is 23.0 Å². The molecule has 1 aromatic heterocycles. The molecule has 0 aliphatic carbocycles. The minimum absolute atomic E-state index is 0.259. The third-order valence-electron chi connectivity index (χ3n) is 5.64. The Bertz CT molecular complexity index is 1460. The van der Waals surface area contributed by atoms with Crippen LogP contribution in [0.4, 0.5) is 5.69 Å². The molecule has 0 fully saturated rings. The Morgan fingerprint density at radius 3 is 2.30 bits per heavy atom. The van der Waals surface area contributed by atoms with Crippen LogP contribution >= 0.6 is 0 Å². The third kappa shape index (κ3) is 3.24. The van der Waals surface area contributed by atoms with Gasteiger partial charge in [0, 0.05) is 5.56 Å². The van der Waals surface area contributed by atoms with Gasteiger partial charge < -0.3 is 15.2 Å². The average molecular weight is 440 g/mol. The van der Waals surface area contributed by atoms with E-state index in [0.29, 0.717) is 22.3 Å². The first kappa shape index (κ1) is 20.5. The number of aromatic nitrogens is 2. The van der Waals surface area contributed by atoms with Crippen molar-refractivity contribution in [2.24, 2.45) is 0 Å². The van der Waals surface area contributed by atoms with Gasteiger partial charge in [-0.25, -0.2) is 9.99 Å². The number of hydrogen-bond acceptors (Lipinski definition) is 6. The smallest absolute Gasteiger partial charge is 0.305 e. The zero-order valence-electron chi connectivity index (χ0n) is 17.6. The Morgan fingerprint density at radius 1 is 0.909 bits per heavy atom. The second kappa shape index (κ2) is 7.61. The minimum atomic E-state index is -2.14. The number of nitrogens with one attached hydrogen (secondary N) is 2. The number of carbonyl (C=O) groups excluding carboxylic acids is 1. The van der Waals surface area contributed by atoms with Gasteiger partial charge in [-0.2, -0.15) is 0 Å². The van der Waals surface area contributed by atoms with Crippen LogP contribution in [0.2, 0.25) is 0 Å². The van der Waals surface area contributed by atoms with E-state index in [9.17, 15) is 19.8 Å². The standard InChI is InChI=1S/C25H20N4O4/c1-15-11-13-16(14-12-15)25(33)20(21-23(31)27-19-10-6-5-9-18(19)26-21)22(30)24(32)28-29(25)17-7-3-2-4-8-17/h2-14,30,33H,1H3,(H,27,31)(H,28,32). The highest BCUT2D eigenvalue weighted by atomic mass is 16.3. The molecule has 1 unspecified atom stereocenters. The van der Waals surface area contributed by atoms with E-state index in [1.165, 1.54) is 5.01 Å². The van der Waals surface area contributed by atoms with Crippen LogP contribution in [0.1, 0.15) is 16.8 Å². The Labute approximate surface area is 188 Å². The number of H-pyrrole nitrogens is 1. The van der Waals surface area contributed by atoms with Crippen molar-refractivity contribution in [1.29, 1.82) is 0 Å². The Morgan fingerprint density at radius 2 is 1.58 bits per heavy atom.